The molecule has 1 aromatic heterocycles. The number of benzene rings is 2. The molecule has 2 heterocycles. The maximum atomic E-state index is 13.1. The van der Waals surface area contributed by atoms with Crippen LogP contribution in [-0.4, -0.2) is 78.1 Å². The maximum Gasteiger partial charge on any atom is 0.326 e. The first kappa shape index (κ1) is 30.0. The van der Waals surface area contributed by atoms with Crippen LogP contribution in [0.3, 0.4) is 0 Å². The second-order valence-electron chi connectivity index (χ2n) is 10.1. The molecule has 11 heteroatoms. The van der Waals surface area contributed by atoms with Crippen LogP contribution in [0.5, 0.6) is 5.88 Å². The molecule has 2 atom stereocenters. The van der Waals surface area contributed by atoms with Gasteiger partial charge >= 0.3 is 6.03 Å². The van der Waals surface area contributed by atoms with Gasteiger partial charge in [0.05, 0.1) is 24.4 Å². The predicted molar refractivity (Wildman–Crippen MR) is 158 cm³/mol. The molecule has 1 fully saturated rings. The van der Waals surface area contributed by atoms with E-state index in [4.69, 9.17) is 16.3 Å². The van der Waals surface area contributed by atoms with E-state index in [1.54, 1.807) is 20.2 Å². The fourth-order valence-electron chi connectivity index (χ4n) is 4.71. The van der Waals surface area contributed by atoms with E-state index in [0.29, 0.717) is 34.4 Å². The van der Waals surface area contributed by atoms with Crippen molar-refractivity contribution in [3.05, 3.63) is 64.7 Å². The largest absolute Gasteiger partial charge is 0.481 e. The number of aliphatic hydroxyl groups is 1. The molecule has 0 saturated carbocycles. The molecule has 3 aromatic rings. The zero-order chi connectivity index (χ0) is 29.8. The molecular weight excluding hydrogens is 546 g/mol. The summed E-state index contributed by atoms with van der Waals surface area (Å²) < 4.78 is 5.53. The highest BCUT2D eigenvalue weighted by Crippen LogP contribution is 2.39. The fourth-order valence-corrected chi connectivity index (χ4v) is 5.03. The van der Waals surface area contributed by atoms with Crippen molar-refractivity contribution in [3.8, 4) is 28.3 Å². The molecule has 4 rings (SSSR count). The lowest BCUT2D eigenvalue weighted by Gasteiger charge is -2.33. The average molecular weight is 580 g/mol. The van der Waals surface area contributed by atoms with Crippen molar-refractivity contribution in [2.24, 2.45) is 5.92 Å². The van der Waals surface area contributed by atoms with Gasteiger partial charge in [0.1, 0.15) is 5.92 Å². The molecule has 2 aromatic carbocycles. The van der Waals surface area contributed by atoms with Crippen molar-refractivity contribution in [1.82, 2.24) is 20.1 Å². The minimum Gasteiger partial charge on any atom is -0.481 e. The van der Waals surface area contributed by atoms with Crippen LogP contribution in [0.15, 0.2) is 48.5 Å². The Morgan fingerprint density at radius 2 is 1.80 bits per heavy atom. The predicted octanol–water partition coefficient (Wildman–Crippen LogP) is 3.93. The monoisotopic (exact) mass is 579 g/mol. The maximum absolute atomic E-state index is 13.1. The van der Waals surface area contributed by atoms with Gasteiger partial charge in [-0.05, 0) is 37.1 Å². The van der Waals surface area contributed by atoms with Gasteiger partial charge in [0, 0.05) is 55.6 Å². The Hall–Kier alpha value is -3.99. The summed E-state index contributed by atoms with van der Waals surface area (Å²) >= 11 is 6.96. The van der Waals surface area contributed by atoms with Crippen molar-refractivity contribution in [2.45, 2.75) is 26.4 Å². The highest BCUT2D eigenvalue weighted by Gasteiger charge is 2.39. The minimum atomic E-state index is -1.01. The van der Waals surface area contributed by atoms with Crippen LogP contribution >= 0.6 is 11.6 Å². The molecule has 0 radical (unpaired) electrons. The van der Waals surface area contributed by atoms with Crippen molar-refractivity contribution in [1.29, 1.82) is 0 Å². The Balaban J connectivity index is 1.62. The van der Waals surface area contributed by atoms with E-state index in [1.165, 1.54) is 11.9 Å². The summed E-state index contributed by atoms with van der Waals surface area (Å²) in [5, 5.41) is 15.9. The number of carbonyl (C=O) groups excluding carboxylic acids is 3. The molecule has 41 heavy (non-hydrogen) atoms. The van der Waals surface area contributed by atoms with E-state index in [2.05, 4.69) is 15.6 Å². The molecular formula is C30H34ClN5O5. The van der Waals surface area contributed by atoms with Crippen molar-refractivity contribution < 1.29 is 24.2 Å². The molecule has 1 aliphatic heterocycles. The van der Waals surface area contributed by atoms with Crippen LogP contribution in [0.25, 0.3) is 22.4 Å². The zero-order valence-corrected chi connectivity index (χ0v) is 24.5. The van der Waals surface area contributed by atoms with Gasteiger partial charge in [-0.25, -0.2) is 9.78 Å². The number of aliphatic hydroxyl groups excluding tert-OH is 1. The van der Waals surface area contributed by atoms with Crippen LogP contribution in [0, 0.1) is 12.8 Å². The van der Waals surface area contributed by atoms with Crippen molar-refractivity contribution in [2.75, 3.05) is 39.7 Å². The molecule has 1 saturated heterocycles. The Morgan fingerprint density at radius 1 is 1.12 bits per heavy atom. The fraction of sp³-hybridized carbons (Fsp3) is 0.333. The number of ether oxygens (including phenoxy) is 1. The van der Waals surface area contributed by atoms with E-state index in [0.717, 1.165) is 27.2 Å². The van der Waals surface area contributed by atoms with E-state index in [9.17, 15) is 19.5 Å². The lowest BCUT2D eigenvalue weighted by molar-refractivity contribution is -0.140. The van der Waals surface area contributed by atoms with E-state index >= 15 is 0 Å². The SMILES string of the molecule is COc1nc(-c2cccc(-c3cccc(NC(=O)C4CN(C)C(=O)N(C)C4=O)c3C)c2Cl)ccc1CN[C@H](C)CO. The second-order valence-corrected chi connectivity index (χ2v) is 10.5. The number of amides is 4. The summed E-state index contributed by atoms with van der Waals surface area (Å²) in [6.07, 6.45) is 0. The second kappa shape index (κ2) is 12.7. The number of hydrogen-bond acceptors (Lipinski definition) is 7. The van der Waals surface area contributed by atoms with Gasteiger partial charge in [0.15, 0.2) is 0 Å². The van der Waals surface area contributed by atoms with Gasteiger partial charge in [-0.1, -0.05) is 48.0 Å². The first-order chi connectivity index (χ1) is 19.6. The third-order valence-electron chi connectivity index (χ3n) is 7.22. The van der Waals surface area contributed by atoms with Gasteiger partial charge in [-0.2, -0.15) is 0 Å². The number of anilines is 1. The minimum absolute atomic E-state index is 0.00618. The summed E-state index contributed by atoms with van der Waals surface area (Å²) in [5.41, 5.74) is 5.06. The van der Waals surface area contributed by atoms with Gasteiger partial charge < -0.3 is 25.4 Å². The molecule has 10 nitrogen and oxygen atoms in total. The van der Waals surface area contributed by atoms with E-state index in [-0.39, 0.29) is 19.2 Å². The molecule has 1 aliphatic rings. The number of aromatic nitrogens is 1. The Morgan fingerprint density at radius 3 is 2.51 bits per heavy atom. The van der Waals surface area contributed by atoms with E-state index < -0.39 is 23.8 Å². The summed E-state index contributed by atoms with van der Waals surface area (Å²) in [6.45, 7) is 4.27. The number of nitrogens with zero attached hydrogens (tertiary/aromatic N) is 3. The smallest absolute Gasteiger partial charge is 0.326 e. The normalized spacial score (nSPS) is 16.1. The lowest BCUT2D eigenvalue weighted by atomic mass is 9.96. The molecule has 1 unspecified atom stereocenters. The third-order valence-corrected chi connectivity index (χ3v) is 7.63. The first-order valence-corrected chi connectivity index (χ1v) is 13.6. The third kappa shape index (κ3) is 6.19. The number of pyridine rings is 1. The summed E-state index contributed by atoms with van der Waals surface area (Å²) in [4.78, 5) is 44.8. The van der Waals surface area contributed by atoms with Crippen molar-refractivity contribution >= 4 is 35.1 Å². The van der Waals surface area contributed by atoms with Gasteiger partial charge in [-0.15, -0.1) is 0 Å². The number of imide groups is 1. The summed E-state index contributed by atoms with van der Waals surface area (Å²) in [6, 6.07) is 14.4. The van der Waals surface area contributed by atoms with Gasteiger partial charge in [0.25, 0.3) is 0 Å². The Bertz CT molecular complexity index is 1480. The van der Waals surface area contributed by atoms with Crippen LogP contribution in [0.4, 0.5) is 10.5 Å². The zero-order valence-electron chi connectivity index (χ0n) is 23.7. The van der Waals surface area contributed by atoms with Gasteiger partial charge in [-0.3, -0.25) is 14.5 Å². The highest BCUT2D eigenvalue weighted by atomic mass is 35.5. The summed E-state index contributed by atoms with van der Waals surface area (Å²) in [5.74, 6) is -1.58. The number of urea groups is 1. The van der Waals surface area contributed by atoms with Crippen LogP contribution < -0.4 is 15.4 Å². The van der Waals surface area contributed by atoms with Crippen LogP contribution in [-0.2, 0) is 16.1 Å². The Labute approximate surface area is 244 Å². The first-order valence-electron chi connectivity index (χ1n) is 13.2. The van der Waals surface area contributed by atoms with Crippen molar-refractivity contribution in [3.63, 3.8) is 0 Å². The molecule has 216 valence electrons. The topological polar surface area (TPSA) is 124 Å². The standard InChI is InChI=1S/C30H34ClN5O5/c1-17(16-37)32-14-19-12-13-25(34-28(19)41-5)22-10-6-9-21(26(22)31)20-8-7-11-24(18(20)2)33-27(38)23-15-35(3)30(40)36(4)29(23)39/h6-13,17,23,32,37H,14-16H2,1-5H3,(H,33,38)/t17-,23?/m1/s1. The molecule has 4 amide bonds. The number of nitrogens with one attached hydrogen (secondary N) is 2. The Kier molecular flexibility index (Phi) is 9.27. The summed E-state index contributed by atoms with van der Waals surface area (Å²) in [7, 11) is 4.48. The van der Waals surface area contributed by atoms with Crippen LogP contribution in [0.2, 0.25) is 5.02 Å². The quantitative estimate of drug-likeness (QED) is 0.328. The molecule has 3 N–H and O–H groups in total. The number of methoxy groups -OCH3 is 1. The average Bonchev–Trinajstić information content (AvgIpc) is 2.97. The number of carbonyl (C=O) groups is 3. The number of halogens is 1. The highest BCUT2D eigenvalue weighted by molar-refractivity contribution is 6.36. The lowest BCUT2D eigenvalue weighted by Crippen LogP contribution is -2.56. The number of hydrogen-bond donors (Lipinski definition) is 3. The van der Waals surface area contributed by atoms with E-state index in [1.807, 2.05) is 56.3 Å². The molecule has 0 aliphatic carbocycles. The molecule has 0 spiro atoms. The number of rotatable bonds is 9. The van der Waals surface area contributed by atoms with Crippen LogP contribution in [0.1, 0.15) is 18.1 Å². The van der Waals surface area contributed by atoms with Gasteiger partial charge in [0.2, 0.25) is 17.7 Å². The molecule has 0 bridgehead atoms.